The number of fused-ring (bicyclic) bond motifs is 2. The number of hydrogen-bond acceptors (Lipinski definition) is 4. The number of H-pyrrole nitrogens is 1. The van der Waals surface area contributed by atoms with E-state index >= 15 is 0 Å². The Labute approximate surface area is 168 Å². The van der Waals surface area contributed by atoms with Crippen LogP contribution in [0.4, 0.5) is 5.95 Å². The summed E-state index contributed by atoms with van der Waals surface area (Å²) in [5, 5.41) is 3.06. The van der Waals surface area contributed by atoms with Gasteiger partial charge in [-0.05, 0) is 37.1 Å². The lowest BCUT2D eigenvalue weighted by molar-refractivity contribution is -0.125. The van der Waals surface area contributed by atoms with Crippen LogP contribution in [0.25, 0.3) is 22.1 Å². The average Bonchev–Trinajstić information content (AvgIpc) is 3.33. The van der Waals surface area contributed by atoms with E-state index in [0.717, 1.165) is 53.2 Å². The molecule has 1 saturated heterocycles. The smallest absolute Gasteiger partial charge is 0.225 e. The van der Waals surface area contributed by atoms with Gasteiger partial charge >= 0.3 is 0 Å². The second-order valence-electron chi connectivity index (χ2n) is 7.66. The third-order valence-electron chi connectivity index (χ3n) is 5.71. The lowest BCUT2D eigenvalue weighted by Crippen LogP contribution is -2.43. The van der Waals surface area contributed by atoms with Crippen LogP contribution in [0, 0.1) is 5.92 Å². The Bertz CT molecular complexity index is 1140. The van der Waals surface area contributed by atoms with Crippen molar-refractivity contribution in [1.29, 1.82) is 0 Å². The SMILES string of the molecule is Cn1c(N2CCC[C@@H](C(=O)NCc3nc4ccccc4[nH]3)C2)nc2ccccc21. The van der Waals surface area contributed by atoms with Crippen molar-refractivity contribution in [2.24, 2.45) is 13.0 Å². The largest absolute Gasteiger partial charge is 0.349 e. The number of piperidine rings is 1. The molecule has 0 unspecified atom stereocenters. The highest BCUT2D eigenvalue weighted by Crippen LogP contribution is 2.26. The normalized spacial score (nSPS) is 17.1. The Balaban J connectivity index is 1.27. The van der Waals surface area contributed by atoms with Crippen molar-refractivity contribution in [3.63, 3.8) is 0 Å². The van der Waals surface area contributed by atoms with Gasteiger partial charge in [0.2, 0.25) is 11.9 Å². The van der Waals surface area contributed by atoms with E-state index in [4.69, 9.17) is 4.98 Å². The van der Waals surface area contributed by atoms with Crippen LogP contribution in [-0.2, 0) is 18.4 Å². The lowest BCUT2D eigenvalue weighted by atomic mass is 9.97. The molecule has 5 rings (SSSR count). The molecule has 7 nitrogen and oxygen atoms in total. The monoisotopic (exact) mass is 388 g/mol. The number of nitrogens with zero attached hydrogens (tertiary/aromatic N) is 4. The number of benzene rings is 2. The number of aromatic amines is 1. The van der Waals surface area contributed by atoms with E-state index in [1.807, 2.05) is 49.5 Å². The van der Waals surface area contributed by atoms with E-state index in [2.05, 4.69) is 30.8 Å². The molecule has 29 heavy (non-hydrogen) atoms. The molecule has 0 saturated carbocycles. The first kappa shape index (κ1) is 17.7. The lowest BCUT2D eigenvalue weighted by Gasteiger charge is -2.32. The summed E-state index contributed by atoms with van der Waals surface area (Å²) in [4.78, 5) is 27.6. The van der Waals surface area contributed by atoms with Crippen LogP contribution in [0.2, 0.25) is 0 Å². The number of aromatic nitrogens is 4. The second kappa shape index (κ2) is 7.24. The molecule has 0 bridgehead atoms. The minimum Gasteiger partial charge on any atom is -0.349 e. The summed E-state index contributed by atoms with van der Waals surface area (Å²) in [5.41, 5.74) is 4.00. The third kappa shape index (κ3) is 3.33. The molecule has 1 amide bonds. The summed E-state index contributed by atoms with van der Waals surface area (Å²) in [6, 6.07) is 16.0. The van der Waals surface area contributed by atoms with Gasteiger partial charge in [0, 0.05) is 20.1 Å². The Hall–Kier alpha value is -3.35. The zero-order chi connectivity index (χ0) is 19.8. The van der Waals surface area contributed by atoms with E-state index in [1.165, 1.54) is 0 Å². The van der Waals surface area contributed by atoms with Crippen LogP contribution in [0.15, 0.2) is 48.5 Å². The van der Waals surface area contributed by atoms with Crippen LogP contribution in [0.1, 0.15) is 18.7 Å². The molecule has 7 heteroatoms. The second-order valence-corrected chi connectivity index (χ2v) is 7.66. The van der Waals surface area contributed by atoms with Crippen molar-refractivity contribution in [2.45, 2.75) is 19.4 Å². The van der Waals surface area contributed by atoms with E-state index in [9.17, 15) is 4.79 Å². The minimum absolute atomic E-state index is 0.0482. The maximum Gasteiger partial charge on any atom is 0.225 e. The third-order valence-corrected chi connectivity index (χ3v) is 5.71. The Kier molecular flexibility index (Phi) is 4.42. The van der Waals surface area contributed by atoms with Gasteiger partial charge in [0.05, 0.1) is 34.5 Å². The molecule has 0 aliphatic carbocycles. The number of para-hydroxylation sites is 4. The molecule has 2 N–H and O–H groups in total. The molecule has 0 radical (unpaired) electrons. The van der Waals surface area contributed by atoms with Crippen LogP contribution in [0.5, 0.6) is 0 Å². The standard InChI is InChI=1S/C22H24N6O/c1-27-19-11-5-4-10-18(19)26-22(27)28-12-6-7-15(14-28)21(29)23-13-20-24-16-8-2-3-9-17(16)25-20/h2-5,8-11,15H,6-7,12-14H2,1H3,(H,23,29)(H,24,25)/t15-/m1/s1. The van der Waals surface area contributed by atoms with Crippen LogP contribution >= 0.6 is 0 Å². The fourth-order valence-corrected chi connectivity index (χ4v) is 4.19. The fraction of sp³-hybridized carbons (Fsp3) is 0.318. The zero-order valence-corrected chi connectivity index (χ0v) is 16.4. The number of carbonyl (C=O) groups is 1. The van der Waals surface area contributed by atoms with Crippen molar-refractivity contribution in [2.75, 3.05) is 18.0 Å². The zero-order valence-electron chi connectivity index (χ0n) is 16.4. The number of hydrogen-bond donors (Lipinski definition) is 2. The number of aryl methyl sites for hydroxylation is 1. The van der Waals surface area contributed by atoms with Gasteiger partial charge in [-0.3, -0.25) is 4.79 Å². The molecular weight excluding hydrogens is 364 g/mol. The fourth-order valence-electron chi connectivity index (χ4n) is 4.19. The van der Waals surface area contributed by atoms with Gasteiger partial charge in [-0.15, -0.1) is 0 Å². The first-order valence-corrected chi connectivity index (χ1v) is 10.1. The van der Waals surface area contributed by atoms with Gasteiger partial charge in [0.15, 0.2) is 0 Å². The molecular formula is C22H24N6O. The number of carbonyl (C=O) groups excluding carboxylic acids is 1. The van der Waals surface area contributed by atoms with Crippen LogP contribution < -0.4 is 10.2 Å². The topological polar surface area (TPSA) is 78.8 Å². The summed E-state index contributed by atoms with van der Waals surface area (Å²) < 4.78 is 2.12. The molecule has 1 atom stereocenters. The van der Waals surface area contributed by atoms with Gasteiger partial charge in [0.1, 0.15) is 5.82 Å². The highest BCUT2D eigenvalue weighted by atomic mass is 16.1. The number of amides is 1. The predicted octanol–water partition coefficient (Wildman–Crippen LogP) is 2.98. The Morgan fingerprint density at radius 3 is 2.76 bits per heavy atom. The number of anilines is 1. The molecule has 2 aromatic heterocycles. The molecule has 4 aromatic rings. The van der Waals surface area contributed by atoms with Gasteiger partial charge in [-0.2, -0.15) is 0 Å². The highest BCUT2D eigenvalue weighted by Gasteiger charge is 2.28. The molecule has 1 fully saturated rings. The maximum atomic E-state index is 12.8. The number of rotatable bonds is 4. The van der Waals surface area contributed by atoms with Crippen molar-refractivity contribution in [3.05, 3.63) is 54.4 Å². The molecule has 148 valence electrons. The number of imidazole rings is 2. The minimum atomic E-state index is -0.0482. The maximum absolute atomic E-state index is 12.8. The van der Waals surface area contributed by atoms with Crippen molar-refractivity contribution in [1.82, 2.24) is 24.8 Å². The van der Waals surface area contributed by atoms with E-state index in [0.29, 0.717) is 13.1 Å². The predicted molar refractivity (Wildman–Crippen MR) is 114 cm³/mol. The van der Waals surface area contributed by atoms with E-state index in [1.54, 1.807) is 0 Å². The van der Waals surface area contributed by atoms with Gasteiger partial charge in [0.25, 0.3) is 0 Å². The van der Waals surface area contributed by atoms with E-state index in [-0.39, 0.29) is 11.8 Å². The van der Waals surface area contributed by atoms with Gasteiger partial charge < -0.3 is 19.8 Å². The summed E-state index contributed by atoms with van der Waals surface area (Å²) in [6.07, 6.45) is 1.87. The number of nitrogens with one attached hydrogen (secondary N) is 2. The molecule has 1 aliphatic rings. The molecule has 1 aliphatic heterocycles. The van der Waals surface area contributed by atoms with Crippen molar-refractivity contribution in [3.8, 4) is 0 Å². The summed E-state index contributed by atoms with van der Waals surface area (Å²) in [5.74, 6) is 1.74. The highest BCUT2D eigenvalue weighted by molar-refractivity contribution is 5.81. The Morgan fingerprint density at radius 1 is 1.14 bits per heavy atom. The summed E-state index contributed by atoms with van der Waals surface area (Å²) in [6.45, 7) is 2.02. The van der Waals surface area contributed by atoms with Gasteiger partial charge in [-0.1, -0.05) is 24.3 Å². The molecule has 3 heterocycles. The van der Waals surface area contributed by atoms with Crippen LogP contribution in [0.3, 0.4) is 0 Å². The van der Waals surface area contributed by atoms with Crippen molar-refractivity contribution >= 4 is 33.9 Å². The van der Waals surface area contributed by atoms with Gasteiger partial charge in [-0.25, -0.2) is 9.97 Å². The molecule has 0 spiro atoms. The van der Waals surface area contributed by atoms with Crippen molar-refractivity contribution < 1.29 is 4.79 Å². The van der Waals surface area contributed by atoms with Crippen LogP contribution in [-0.4, -0.2) is 38.5 Å². The average molecular weight is 388 g/mol. The Morgan fingerprint density at radius 2 is 1.93 bits per heavy atom. The summed E-state index contributed by atoms with van der Waals surface area (Å²) >= 11 is 0. The summed E-state index contributed by atoms with van der Waals surface area (Å²) in [7, 11) is 2.04. The van der Waals surface area contributed by atoms with E-state index < -0.39 is 0 Å². The first-order valence-electron chi connectivity index (χ1n) is 10.1. The molecule has 2 aromatic carbocycles. The first-order chi connectivity index (χ1) is 14.2. The quantitative estimate of drug-likeness (QED) is 0.563.